The minimum Gasteiger partial charge on any atom is -0.497 e. The molecule has 0 radical (unpaired) electrons. The Balaban J connectivity index is 1.42. The molecule has 1 aliphatic rings. The van der Waals surface area contributed by atoms with Crippen LogP contribution in [0.5, 0.6) is 17.2 Å². The summed E-state index contributed by atoms with van der Waals surface area (Å²) in [5, 5.41) is 5.49. The fraction of sp³-hybridized carbons (Fsp3) is 0.400. The third-order valence-corrected chi connectivity index (χ3v) is 5.82. The summed E-state index contributed by atoms with van der Waals surface area (Å²) >= 11 is 0. The van der Waals surface area contributed by atoms with E-state index in [0.29, 0.717) is 49.5 Å². The van der Waals surface area contributed by atoms with Crippen LogP contribution in [0.4, 0.5) is 0 Å². The summed E-state index contributed by atoms with van der Waals surface area (Å²) in [6.45, 7) is 1.20. The minimum absolute atomic E-state index is 0.0856. The molecule has 9 nitrogen and oxygen atoms in total. The van der Waals surface area contributed by atoms with Gasteiger partial charge in [0.25, 0.3) is 5.91 Å². The van der Waals surface area contributed by atoms with Crippen LogP contribution in [-0.2, 0) is 16.1 Å². The van der Waals surface area contributed by atoms with Crippen LogP contribution in [0.2, 0.25) is 0 Å². The average molecular weight is 470 g/mol. The molecule has 1 fully saturated rings. The molecule has 3 amide bonds. The standard InChI is InChI=1S/C25H31N3O6/c1-32-20-6-4-17(5-7-20)15-26-23(29)16-27-24(30)18-8-10-28(11-9-18)25(31)19-12-21(33-2)14-22(13-19)34-3/h4-7,12-14,18H,8-11,15-16H2,1-3H3,(H,26,29)(H,27,30). The van der Waals surface area contributed by atoms with Crippen molar-refractivity contribution in [1.82, 2.24) is 15.5 Å². The maximum absolute atomic E-state index is 12.9. The lowest BCUT2D eigenvalue weighted by Gasteiger charge is -2.31. The number of hydrogen-bond acceptors (Lipinski definition) is 6. The summed E-state index contributed by atoms with van der Waals surface area (Å²) in [5.74, 6) is 1.04. The number of carbonyl (C=O) groups excluding carboxylic acids is 3. The second kappa shape index (κ2) is 11.9. The van der Waals surface area contributed by atoms with Crippen LogP contribution in [0.1, 0.15) is 28.8 Å². The van der Waals surface area contributed by atoms with Crippen molar-refractivity contribution in [3.8, 4) is 17.2 Å². The number of nitrogens with zero attached hydrogens (tertiary/aromatic N) is 1. The number of ether oxygens (including phenoxy) is 3. The van der Waals surface area contributed by atoms with E-state index in [0.717, 1.165) is 11.3 Å². The van der Waals surface area contributed by atoms with Crippen LogP contribution in [-0.4, -0.2) is 63.6 Å². The molecule has 9 heteroatoms. The van der Waals surface area contributed by atoms with Crippen LogP contribution in [0.25, 0.3) is 0 Å². The molecule has 0 bridgehead atoms. The highest BCUT2D eigenvalue weighted by molar-refractivity contribution is 5.95. The molecule has 0 atom stereocenters. The van der Waals surface area contributed by atoms with Gasteiger partial charge in [0.15, 0.2) is 0 Å². The van der Waals surface area contributed by atoms with E-state index in [1.54, 1.807) is 30.2 Å². The SMILES string of the molecule is COc1ccc(CNC(=O)CNC(=O)C2CCN(C(=O)c3cc(OC)cc(OC)c3)CC2)cc1. The van der Waals surface area contributed by atoms with Gasteiger partial charge in [-0.15, -0.1) is 0 Å². The molecule has 2 aromatic rings. The van der Waals surface area contributed by atoms with E-state index in [1.807, 2.05) is 24.3 Å². The Hall–Kier alpha value is -3.75. The molecule has 34 heavy (non-hydrogen) atoms. The zero-order chi connectivity index (χ0) is 24.5. The van der Waals surface area contributed by atoms with Gasteiger partial charge in [-0.3, -0.25) is 14.4 Å². The first-order valence-corrected chi connectivity index (χ1v) is 11.1. The highest BCUT2D eigenvalue weighted by Gasteiger charge is 2.28. The molecule has 0 aliphatic carbocycles. The third kappa shape index (κ3) is 6.63. The normalized spacial score (nSPS) is 13.7. The van der Waals surface area contributed by atoms with Crippen molar-refractivity contribution in [2.24, 2.45) is 5.92 Å². The van der Waals surface area contributed by atoms with E-state index >= 15 is 0 Å². The molecule has 0 spiro atoms. The first-order valence-electron chi connectivity index (χ1n) is 11.1. The van der Waals surface area contributed by atoms with Crippen molar-refractivity contribution in [2.45, 2.75) is 19.4 Å². The Kier molecular flexibility index (Phi) is 8.73. The Morgan fingerprint density at radius 3 is 2.00 bits per heavy atom. The summed E-state index contributed by atoms with van der Waals surface area (Å²) in [6.07, 6.45) is 1.07. The maximum atomic E-state index is 12.9. The molecule has 1 aliphatic heterocycles. The Morgan fingerprint density at radius 2 is 1.44 bits per heavy atom. The van der Waals surface area contributed by atoms with Gasteiger partial charge in [-0.25, -0.2) is 0 Å². The van der Waals surface area contributed by atoms with Gasteiger partial charge >= 0.3 is 0 Å². The Morgan fingerprint density at radius 1 is 0.853 bits per heavy atom. The number of amides is 3. The smallest absolute Gasteiger partial charge is 0.254 e. The van der Waals surface area contributed by atoms with Crippen molar-refractivity contribution in [3.63, 3.8) is 0 Å². The van der Waals surface area contributed by atoms with E-state index in [-0.39, 0.29) is 30.2 Å². The molecule has 0 unspecified atom stereocenters. The van der Waals surface area contributed by atoms with Crippen molar-refractivity contribution in [3.05, 3.63) is 53.6 Å². The molecular weight excluding hydrogens is 438 g/mol. The molecule has 2 N–H and O–H groups in total. The summed E-state index contributed by atoms with van der Waals surface area (Å²) in [6, 6.07) is 12.4. The molecule has 0 saturated carbocycles. The van der Waals surface area contributed by atoms with Gasteiger partial charge in [-0.05, 0) is 42.7 Å². The first-order chi connectivity index (χ1) is 16.4. The molecule has 182 valence electrons. The molecule has 3 rings (SSSR count). The van der Waals surface area contributed by atoms with Gasteiger partial charge in [0.2, 0.25) is 11.8 Å². The lowest BCUT2D eigenvalue weighted by atomic mass is 9.95. The van der Waals surface area contributed by atoms with E-state index in [9.17, 15) is 14.4 Å². The molecule has 1 heterocycles. The molecular formula is C25H31N3O6. The second-order valence-electron chi connectivity index (χ2n) is 8.01. The van der Waals surface area contributed by atoms with Gasteiger partial charge in [0.05, 0.1) is 27.9 Å². The third-order valence-electron chi connectivity index (χ3n) is 5.82. The predicted molar refractivity (Wildman–Crippen MR) is 126 cm³/mol. The summed E-state index contributed by atoms with van der Waals surface area (Å²) < 4.78 is 15.6. The highest BCUT2D eigenvalue weighted by atomic mass is 16.5. The lowest BCUT2D eigenvalue weighted by Crippen LogP contribution is -2.45. The van der Waals surface area contributed by atoms with E-state index in [2.05, 4.69) is 10.6 Å². The monoisotopic (exact) mass is 469 g/mol. The largest absolute Gasteiger partial charge is 0.497 e. The maximum Gasteiger partial charge on any atom is 0.254 e. The van der Waals surface area contributed by atoms with E-state index in [1.165, 1.54) is 14.2 Å². The van der Waals surface area contributed by atoms with Gasteiger partial charge in [-0.1, -0.05) is 12.1 Å². The van der Waals surface area contributed by atoms with Gasteiger partial charge in [-0.2, -0.15) is 0 Å². The Bertz CT molecular complexity index is 978. The van der Waals surface area contributed by atoms with Crippen molar-refractivity contribution >= 4 is 17.7 Å². The van der Waals surface area contributed by atoms with Crippen LogP contribution in [0.3, 0.4) is 0 Å². The molecule has 1 saturated heterocycles. The topological polar surface area (TPSA) is 106 Å². The van der Waals surface area contributed by atoms with Gasteiger partial charge < -0.3 is 29.7 Å². The Labute approximate surface area is 199 Å². The van der Waals surface area contributed by atoms with Gasteiger partial charge in [0.1, 0.15) is 17.2 Å². The highest BCUT2D eigenvalue weighted by Crippen LogP contribution is 2.25. The van der Waals surface area contributed by atoms with Crippen LogP contribution < -0.4 is 24.8 Å². The van der Waals surface area contributed by atoms with E-state index in [4.69, 9.17) is 14.2 Å². The molecule has 2 aromatic carbocycles. The predicted octanol–water partition coefficient (Wildman–Crippen LogP) is 2.00. The van der Waals surface area contributed by atoms with E-state index < -0.39 is 0 Å². The van der Waals surface area contributed by atoms with Gasteiger partial charge in [0, 0.05) is 37.2 Å². The molecule has 0 aromatic heterocycles. The zero-order valence-corrected chi connectivity index (χ0v) is 19.8. The van der Waals surface area contributed by atoms with Crippen molar-refractivity contribution < 1.29 is 28.6 Å². The van der Waals surface area contributed by atoms with Crippen molar-refractivity contribution in [1.29, 1.82) is 0 Å². The zero-order valence-electron chi connectivity index (χ0n) is 19.8. The number of carbonyl (C=O) groups is 3. The number of rotatable bonds is 9. The summed E-state index contributed by atoms with van der Waals surface area (Å²) in [4.78, 5) is 39.3. The van der Waals surface area contributed by atoms with Crippen molar-refractivity contribution in [2.75, 3.05) is 41.0 Å². The summed E-state index contributed by atoms with van der Waals surface area (Å²) in [5.41, 5.74) is 1.42. The number of nitrogens with one attached hydrogen (secondary N) is 2. The quantitative estimate of drug-likeness (QED) is 0.582. The number of piperidine rings is 1. The minimum atomic E-state index is -0.260. The average Bonchev–Trinajstić information content (AvgIpc) is 2.90. The lowest BCUT2D eigenvalue weighted by molar-refractivity contribution is -0.129. The number of likely N-dealkylation sites (tertiary alicyclic amines) is 1. The number of benzene rings is 2. The number of hydrogen-bond donors (Lipinski definition) is 2. The first kappa shape index (κ1) is 24.9. The van der Waals surface area contributed by atoms with Crippen LogP contribution in [0, 0.1) is 5.92 Å². The fourth-order valence-electron chi connectivity index (χ4n) is 3.78. The fourth-order valence-corrected chi connectivity index (χ4v) is 3.78. The number of methoxy groups -OCH3 is 3. The summed E-state index contributed by atoms with van der Waals surface area (Å²) in [7, 11) is 4.66. The second-order valence-corrected chi connectivity index (χ2v) is 8.01. The van der Waals surface area contributed by atoms with Crippen LogP contribution in [0.15, 0.2) is 42.5 Å². The van der Waals surface area contributed by atoms with Crippen LogP contribution >= 0.6 is 0 Å².